The van der Waals surface area contributed by atoms with E-state index in [0.29, 0.717) is 11.1 Å². The van der Waals surface area contributed by atoms with Gasteiger partial charge in [-0.25, -0.2) is 4.39 Å². The zero-order valence-electron chi connectivity index (χ0n) is 20.3. The summed E-state index contributed by atoms with van der Waals surface area (Å²) in [5, 5.41) is 3.34. The second kappa shape index (κ2) is 12.5. The Bertz CT molecular complexity index is 1070. The largest absolute Gasteiger partial charge is 0.377 e. The number of nitrogens with zero attached hydrogens (tertiary/aromatic N) is 1. The number of hydrogen-bond donors (Lipinski definition) is 1. The van der Waals surface area contributed by atoms with Crippen molar-refractivity contribution in [2.45, 2.75) is 25.2 Å². The van der Waals surface area contributed by atoms with E-state index in [4.69, 9.17) is 9.47 Å². The molecule has 3 aromatic carbocycles. The first-order chi connectivity index (χ1) is 17.6. The van der Waals surface area contributed by atoms with Crippen molar-refractivity contribution in [3.8, 4) is 0 Å². The van der Waals surface area contributed by atoms with Gasteiger partial charge in [0, 0.05) is 6.54 Å². The lowest BCUT2D eigenvalue weighted by atomic mass is 9.98. The molecule has 0 bridgehead atoms. The van der Waals surface area contributed by atoms with Gasteiger partial charge in [-0.15, -0.1) is 0 Å². The number of amides is 2. The molecule has 1 N–H and O–H groups in total. The summed E-state index contributed by atoms with van der Waals surface area (Å²) in [6, 6.07) is 26.6. The summed E-state index contributed by atoms with van der Waals surface area (Å²) in [7, 11) is 0. The molecule has 0 aromatic heterocycles. The number of nitrogens with one attached hydrogen (secondary N) is 1. The van der Waals surface area contributed by atoms with Gasteiger partial charge in [0.05, 0.1) is 49.6 Å². The van der Waals surface area contributed by atoms with Gasteiger partial charge in [0.1, 0.15) is 6.17 Å². The molecule has 7 heteroatoms. The summed E-state index contributed by atoms with van der Waals surface area (Å²) in [4.78, 5) is 25.9. The van der Waals surface area contributed by atoms with Crippen LogP contribution in [0.25, 0.3) is 0 Å². The Balaban J connectivity index is 1.17. The first-order valence-corrected chi connectivity index (χ1v) is 12.2. The molecule has 1 aliphatic rings. The maximum Gasteiger partial charge on any atom is 0.261 e. The molecule has 4 rings (SSSR count). The van der Waals surface area contributed by atoms with Crippen LogP contribution in [0.1, 0.15) is 44.8 Å². The van der Waals surface area contributed by atoms with Crippen molar-refractivity contribution >= 4 is 11.8 Å². The minimum Gasteiger partial charge on any atom is -0.377 e. The van der Waals surface area contributed by atoms with E-state index in [2.05, 4.69) is 5.32 Å². The lowest BCUT2D eigenvalue weighted by molar-refractivity contribution is -0.0226. The third-order valence-electron chi connectivity index (χ3n) is 6.24. The van der Waals surface area contributed by atoms with Crippen LogP contribution in [-0.4, -0.2) is 61.9 Å². The van der Waals surface area contributed by atoms with Gasteiger partial charge < -0.3 is 14.8 Å². The number of fused-ring (bicyclic) bond motifs is 1. The van der Waals surface area contributed by atoms with Crippen LogP contribution in [0, 0.1) is 0 Å². The summed E-state index contributed by atoms with van der Waals surface area (Å²) in [6.07, 6.45) is -1.83. The highest BCUT2D eigenvalue weighted by molar-refractivity contribution is 6.21. The monoisotopic (exact) mass is 490 g/mol. The third-order valence-corrected chi connectivity index (χ3v) is 6.24. The van der Waals surface area contributed by atoms with Crippen molar-refractivity contribution in [3.63, 3.8) is 0 Å². The molecule has 0 saturated carbocycles. The molecule has 0 radical (unpaired) electrons. The quantitative estimate of drug-likeness (QED) is 0.284. The lowest BCUT2D eigenvalue weighted by Gasteiger charge is -2.23. The van der Waals surface area contributed by atoms with Gasteiger partial charge in [0.25, 0.3) is 11.8 Å². The van der Waals surface area contributed by atoms with Gasteiger partial charge in [0.15, 0.2) is 0 Å². The predicted octanol–water partition coefficient (Wildman–Crippen LogP) is 4.42. The van der Waals surface area contributed by atoms with Crippen LogP contribution >= 0.6 is 0 Å². The van der Waals surface area contributed by atoms with Crippen LogP contribution < -0.4 is 5.32 Å². The van der Waals surface area contributed by atoms with Crippen molar-refractivity contribution in [3.05, 3.63) is 107 Å². The summed E-state index contributed by atoms with van der Waals surface area (Å²) in [5.41, 5.74) is 2.97. The van der Waals surface area contributed by atoms with Crippen molar-refractivity contribution in [1.29, 1.82) is 0 Å². The van der Waals surface area contributed by atoms with Crippen molar-refractivity contribution in [1.82, 2.24) is 10.2 Å². The Labute approximate surface area is 211 Å². The van der Waals surface area contributed by atoms with E-state index in [1.54, 1.807) is 31.2 Å². The van der Waals surface area contributed by atoms with E-state index in [1.165, 1.54) is 4.90 Å². The molecule has 6 nitrogen and oxygen atoms in total. The molecule has 0 spiro atoms. The van der Waals surface area contributed by atoms with Crippen LogP contribution in [0.15, 0.2) is 84.9 Å². The van der Waals surface area contributed by atoms with Crippen LogP contribution in [0.3, 0.4) is 0 Å². The fourth-order valence-electron chi connectivity index (χ4n) is 4.21. The van der Waals surface area contributed by atoms with Gasteiger partial charge in [-0.05, 0) is 30.2 Å². The van der Waals surface area contributed by atoms with E-state index in [1.807, 2.05) is 60.7 Å². The maximum absolute atomic E-state index is 14.9. The number of carbonyl (C=O) groups excluding carboxylic acids is 2. The Hall–Kier alpha value is -3.39. The molecule has 2 unspecified atom stereocenters. The molecule has 2 atom stereocenters. The van der Waals surface area contributed by atoms with Crippen molar-refractivity contribution in [2.75, 3.05) is 32.9 Å². The van der Waals surface area contributed by atoms with Crippen molar-refractivity contribution < 1.29 is 23.5 Å². The summed E-state index contributed by atoms with van der Waals surface area (Å²) < 4.78 is 26.0. The average molecular weight is 491 g/mol. The molecule has 3 aromatic rings. The van der Waals surface area contributed by atoms with Gasteiger partial charge in [-0.3, -0.25) is 14.5 Å². The molecule has 0 aliphatic carbocycles. The summed E-state index contributed by atoms with van der Waals surface area (Å²) in [6.45, 7) is 2.65. The maximum atomic E-state index is 14.9. The molecule has 36 heavy (non-hydrogen) atoms. The number of rotatable bonds is 13. The predicted molar refractivity (Wildman–Crippen MR) is 136 cm³/mol. The minimum absolute atomic E-state index is 0.122. The zero-order valence-corrected chi connectivity index (χ0v) is 20.3. The number of benzene rings is 3. The molecular weight excluding hydrogens is 459 g/mol. The highest BCUT2D eigenvalue weighted by Crippen LogP contribution is 2.23. The zero-order chi connectivity index (χ0) is 25.3. The second-order valence-corrected chi connectivity index (χ2v) is 8.67. The standard InChI is InChI=1S/C29H31FN2O4/c1-21(26(30)20-31-27(22-10-4-2-5-11-22)23-12-6-3-7-13-23)36-19-18-35-17-16-32-28(33)24-14-8-9-15-25(24)29(32)34/h2-15,21,26-27,31H,16-20H2,1H3. The lowest BCUT2D eigenvalue weighted by Crippen LogP contribution is -2.36. The van der Waals surface area contributed by atoms with Crippen LogP contribution in [0.2, 0.25) is 0 Å². The summed E-state index contributed by atoms with van der Waals surface area (Å²) in [5.74, 6) is -0.609. The van der Waals surface area contributed by atoms with Crippen LogP contribution in [-0.2, 0) is 9.47 Å². The van der Waals surface area contributed by atoms with E-state index < -0.39 is 12.3 Å². The topological polar surface area (TPSA) is 67.9 Å². The van der Waals surface area contributed by atoms with E-state index in [-0.39, 0.29) is 50.8 Å². The Morgan fingerprint density at radius 1 is 0.778 bits per heavy atom. The van der Waals surface area contributed by atoms with Gasteiger partial charge in [-0.1, -0.05) is 72.8 Å². The van der Waals surface area contributed by atoms with Gasteiger partial charge >= 0.3 is 0 Å². The van der Waals surface area contributed by atoms with E-state index >= 15 is 0 Å². The molecule has 0 fully saturated rings. The molecule has 188 valence electrons. The number of imide groups is 1. The van der Waals surface area contributed by atoms with Crippen LogP contribution in [0.5, 0.6) is 0 Å². The highest BCUT2D eigenvalue weighted by atomic mass is 19.1. The minimum atomic E-state index is -1.21. The Morgan fingerprint density at radius 3 is 1.86 bits per heavy atom. The molecular formula is C29H31FN2O4. The fourth-order valence-corrected chi connectivity index (χ4v) is 4.21. The first kappa shape index (κ1) is 25.7. The van der Waals surface area contributed by atoms with Gasteiger partial charge in [-0.2, -0.15) is 0 Å². The fraction of sp³-hybridized carbons (Fsp3) is 0.310. The highest BCUT2D eigenvalue weighted by Gasteiger charge is 2.34. The van der Waals surface area contributed by atoms with Gasteiger partial charge in [0.2, 0.25) is 0 Å². The first-order valence-electron chi connectivity index (χ1n) is 12.2. The normalized spacial score (nSPS) is 14.8. The number of halogens is 1. The second-order valence-electron chi connectivity index (χ2n) is 8.67. The molecule has 1 heterocycles. The smallest absolute Gasteiger partial charge is 0.261 e. The van der Waals surface area contributed by atoms with E-state index in [0.717, 1.165) is 11.1 Å². The number of alkyl halides is 1. The molecule has 0 saturated heterocycles. The molecule has 1 aliphatic heterocycles. The number of hydrogen-bond acceptors (Lipinski definition) is 5. The number of carbonyl (C=O) groups is 2. The Morgan fingerprint density at radius 2 is 1.31 bits per heavy atom. The molecule has 2 amide bonds. The third kappa shape index (κ3) is 6.23. The van der Waals surface area contributed by atoms with Crippen molar-refractivity contribution in [2.24, 2.45) is 0 Å². The Kier molecular flexibility index (Phi) is 8.95. The van der Waals surface area contributed by atoms with E-state index in [9.17, 15) is 14.0 Å². The average Bonchev–Trinajstić information content (AvgIpc) is 3.16. The summed E-state index contributed by atoms with van der Waals surface area (Å²) >= 11 is 0. The number of ether oxygens (including phenoxy) is 2. The van der Waals surface area contributed by atoms with Crippen LogP contribution in [0.4, 0.5) is 4.39 Å². The SMILES string of the molecule is CC(OCCOCCN1C(=O)c2ccccc2C1=O)C(F)CNC(c1ccccc1)c1ccccc1.